The number of nitrogens with one attached hydrogen (secondary N) is 1. The molecule has 0 spiro atoms. The zero-order valence-corrected chi connectivity index (χ0v) is 12.3. The van der Waals surface area contributed by atoms with Gasteiger partial charge in [0.1, 0.15) is 0 Å². The monoisotopic (exact) mass is 280 g/mol. The van der Waals surface area contributed by atoms with E-state index in [1.165, 1.54) is 12.8 Å². The Balaban J connectivity index is 1.75. The van der Waals surface area contributed by atoms with Gasteiger partial charge in [0.05, 0.1) is 6.42 Å². The van der Waals surface area contributed by atoms with Gasteiger partial charge in [0.2, 0.25) is 5.91 Å². The van der Waals surface area contributed by atoms with Gasteiger partial charge in [-0.05, 0) is 44.5 Å². The maximum atomic E-state index is 11.9. The third-order valence-electron chi connectivity index (χ3n) is 3.67. The van der Waals surface area contributed by atoms with Crippen LogP contribution >= 0.6 is 11.6 Å². The summed E-state index contributed by atoms with van der Waals surface area (Å²) in [5, 5.41) is 3.66. The third-order valence-corrected chi connectivity index (χ3v) is 3.90. The van der Waals surface area contributed by atoms with Crippen molar-refractivity contribution in [3.8, 4) is 0 Å². The maximum absolute atomic E-state index is 11.9. The Hall–Kier alpha value is -1.06. The lowest BCUT2D eigenvalue weighted by Gasteiger charge is -2.24. The average Bonchev–Trinajstić information content (AvgIpc) is 3.19. The van der Waals surface area contributed by atoms with Gasteiger partial charge in [0, 0.05) is 23.7 Å². The van der Waals surface area contributed by atoms with Crippen LogP contribution < -0.4 is 5.32 Å². The van der Waals surface area contributed by atoms with Gasteiger partial charge in [-0.1, -0.05) is 23.7 Å². The maximum Gasteiger partial charge on any atom is 0.224 e. The lowest BCUT2D eigenvalue weighted by molar-refractivity contribution is -0.120. The number of rotatable bonds is 6. The molecule has 1 N–H and O–H groups in total. The fraction of sp³-hybridized carbons (Fsp3) is 0.533. The van der Waals surface area contributed by atoms with Crippen LogP contribution in [0, 0.1) is 0 Å². The van der Waals surface area contributed by atoms with Crippen molar-refractivity contribution >= 4 is 17.5 Å². The van der Waals surface area contributed by atoms with E-state index in [1.54, 1.807) is 0 Å². The third kappa shape index (κ3) is 4.51. The zero-order valence-electron chi connectivity index (χ0n) is 11.5. The van der Waals surface area contributed by atoms with Gasteiger partial charge < -0.3 is 5.32 Å². The smallest absolute Gasteiger partial charge is 0.224 e. The second kappa shape index (κ2) is 6.40. The van der Waals surface area contributed by atoms with E-state index in [1.807, 2.05) is 24.3 Å². The highest BCUT2D eigenvalue weighted by molar-refractivity contribution is 6.30. The lowest BCUT2D eigenvalue weighted by Crippen LogP contribution is -2.41. The van der Waals surface area contributed by atoms with Crippen LogP contribution in [0.5, 0.6) is 0 Å². The number of likely N-dealkylation sites (N-methyl/N-ethyl adjacent to an activating group) is 1. The van der Waals surface area contributed by atoms with Gasteiger partial charge in [-0.25, -0.2) is 0 Å². The van der Waals surface area contributed by atoms with Crippen molar-refractivity contribution in [1.29, 1.82) is 0 Å². The largest absolute Gasteiger partial charge is 0.354 e. The molecule has 1 saturated carbocycles. The highest BCUT2D eigenvalue weighted by Gasteiger charge is 2.29. The Morgan fingerprint density at radius 1 is 1.53 bits per heavy atom. The molecule has 1 aromatic rings. The van der Waals surface area contributed by atoms with Crippen LogP contribution in [-0.2, 0) is 11.2 Å². The molecule has 19 heavy (non-hydrogen) atoms. The SMILES string of the molecule is CC(CNC(=O)Cc1cccc(Cl)c1)N(C)C1CC1. The minimum atomic E-state index is 0.0540. The summed E-state index contributed by atoms with van der Waals surface area (Å²) in [6, 6.07) is 8.55. The molecule has 1 fully saturated rings. The topological polar surface area (TPSA) is 32.3 Å². The lowest BCUT2D eigenvalue weighted by atomic mass is 10.1. The van der Waals surface area contributed by atoms with Crippen molar-refractivity contribution in [2.24, 2.45) is 0 Å². The molecular weight excluding hydrogens is 260 g/mol. The van der Waals surface area contributed by atoms with E-state index in [0.29, 0.717) is 24.0 Å². The first-order valence-electron chi connectivity index (χ1n) is 6.79. The molecule has 0 bridgehead atoms. The number of carbonyl (C=O) groups is 1. The predicted octanol–water partition coefficient (Wildman–Crippen LogP) is 2.48. The Bertz CT molecular complexity index is 446. The molecule has 0 saturated heterocycles. The number of carbonyl (C=O) groups excluding carboxylic acids is 1. The minimum Gasteiger partial charge on any atom is -0.354 e. The summed E-state index contributed by atoms with van der Waals surface area (Å²) < 4.78 is 0. The second-order valence-corrected chi connectivity index (χ2v) is 5.79. The Kier molecular flexibility index (Phi) is 4.83. The van der Waals surface area contributed by atoms with Gasteiger partial charge in [-0.3, -0.25) is 9.69 Å². The van der Waals surface area contributed by atoms with Crippen molar-refractivity contribution < 1.29 is 4.79 Å². The van der Waals surface area contributed by atoms with E-state index in [-0.39, 0.29) is 5.91 Å². The van der Waals surface area contributed by atoms with E-state index in [4.69, 9.17) is 11.6 Å². The Morgan fingerprint density at radius 3 is 2.89 bits per heavy atom. The van der Waals surface area contributed by atoms with Crippen molar-refractivity contribution in [2.75, 3.05) is 13.6 Å². The molecular formula is C15H21ClN2O. The van der Waals surface area contributed by atoms with Crippen molar-refractivity contribution in [1.82, 2.24) is 10.2 Å². The van der Waals surface area contributed by atoms with E-state index in [0.717, 1.165) is 11.6 Å². The first kappa shape index (κ1) is 14.4. The van der Waals surface area contributed by atoms with Crippen LogP contribution in [-0.4, -0.2) is 36.5 Å². The Labute approximate surface area is 119 Å². The molecule has 2 rings (SSSR count). The first-order valence-corrected chi connectivity index (χ1v) is 7.17. The van der Waals surface area contributed by atoms with E-state index in [2.05, 4.69) is 24.2 Å². The molecule has 0 aliphatic heterocycles. The molecule has 1 amide bonds. The van der Waals surface area contributed by atoms with Crippen molar-refractivity contribution in [3.05, 3.63) is 34.9 Å². The van der Waals surface area contributed by atoms with Crippen LogP contribution in [0.4, 0.5) is 0 Å². The highest BCUT2D eigenvalue weighted by Crippen LogP contribution is 2.26. The molecule has 1 aliphatic rings. The molecule has 0 radical (unpaired) electrons. The van der Waals surface area contributed by atoms with E-state index in [9.17, 15) is 4.79 Å². The van der Waals surface area contributed by atoms with Crippen LogP contribution in [0.25, 0.3) is 0 Å². The van der Waals surface area contributed by atoms with Gasteiger partial charge >= 0.3 is 0 Å². The number of amides is 1. The summed E-state index contributed by atoms with van der Waals surface area (Å²) in [7, 11) is 2.13. The van der Waals surface area contributed by atoms with Gasteiger partial charge in [0.25, 0.3) is 0 Å². The number of hydrogen-bond acceptors (Lipinski definition) is 2. The average molecular weight is 281 g/mol. The minimum absolute atomic E-state index is 0.0540. The molecule has 1 aromatic carbocycles. The fourth-order valence-corrected chi connectivity index (χ4v) is 2.35. The summed E-state index contributed by atoms with van der Waals surface area (Å²) in [5.74, 6) is 0.0540. The van der Waals surface area contributed by atoms with E-state index >= 15 is 0 Å². The summed E-state index contributed by atoms with van der Waals surface area (Å²) in [6.45, 7) is 2.85. The normalized spacial score (nSPS) is 16.4. The molecule has 1 unspecified atom stereocenters. The van der Waals surface area contributed by atoms with Crippen LogP contribution in [0.2, 0.25) is 5.02 Å². The molecule has 1 aliphatic carbocycles. The van der Waals surface area contributed by atoms with Gasteiger partial charge in [0.15, 0.2) is 0 Å². The quantitative estimate of drug-likeness (QED) is 0.868. The highest BCUT2D eigenvalue weighted by atomic mass is 35.5. The van der Waals surface area contributed by atoms with Crippen LogP contribution in [0.15, 0.2) is 24.3 Å². The number of hydrogen-bond donors (Lipinski definition) is 1. The van der Waals surface area contributed by atoms with Crippen LogP contribution in [0.1, 0.15) is 25.3 Å². The first-order chi connectivity index (χ1) is 9.06. The standard InChI is InChI=1S/C15H21ClN2O/c1-11(18(2)14-6-7-14)10-17-15(19)9-12-4-3-5-13(16)8-12/h3-5,8,11,14H,6-7,9-10H2,1-2H3,(H,17,19). The zero-order chi connectivity index (χ0) is 13.8. The van der Waals surface area contributed by atoms with E-state index < -0.39 is 0 Å². The molecule has 1 atom stereocenters. The molecule has 0 aromatic heterocycles. The number of benzene rings is 1. The molecule has 104 valence electrons. The summed E-state index contributed by atoms with van der Waals surface area (Å²) in [5.41, 5.74) is 0.952. The predicted molar refractivity (Wildman–Crippen MR) is 78.4 cm³/mol. The van der Waals surface area contributed by atoms with Gasteiger partial charge in [-0.15, -0.1) is 0 Å². The molecule has 3 nitrogen and oxygen atoms in total. The fourth-order valence-electron chi connectivity index (χ4n) is 2.14. The van der Waals surface area contributed by atoms with Crippen molar-refractivity contribution in [3.63, 3.8) is 0 Å². The summed E-state index contributed by atoms with van der Waals surface area (Å²) >= 11 is 5.90. The molecule has 0 heterocycles. The summed E-state index contributed by atoms with van der Waals surface area (Å²) in [4.78, 5) is 14.2. The molecule has 4 heteroatoms. The Morgan fingerprint density at radius 2 is 2.26 bits per heavy atom. The van der Waals surface area contributed by atoms with Gasteiger partial charge in [-0.2, -0.15) is 0 Å². The van der Waals surface area contributed by atoms with Crippen molar-refractivity contribution in [2.45, 2.75) is 38.3 Å². The number of halogens is 1. The van der Waals surface area contributed by atoms with Crippen LogP contribution in [0.3, 0.4) is 0 Å². The second-order valence-electron chi connectivity index (χ2n) is 5.36. The summed E-state index contributed by atoms with van der Waals surface area (Å²) in [6.07, 6.45) is 2.97. The number of nitrogens with zero attached hydrogens (tertiary/aromatic N) is 1.